The summed E-state index contributed by atoms with van der Waals surface area (Å²) in [7, 11) is 1.55. The van der Waals surface area contributed by atoms with Crippen molar-refractivity contribution in [2.24, 2.45) is 5.73 Å². The van der Waals surface area contributed by atoms with Crippen molar-refractivity contribution >= 4 is 29.4 Å². The summed E-state index contributed by atoms with van der Waals surface area (Å²) in [6, 6.07) is 15.7. The van der Waals surface area contributed by atoms with Crippen LogP contribution >= 0.6 is 11.8 Å². The Labute approximate surface area is 172 Å². The number of anilines is 1. The van der Waals surface area contributed by atoms with Crippen LogP contribution in [0.4, 0.5) is 10.5 Å². The van der Waals surface area contributed by atoms with Crippen molar-refractivity contribution in [1.29, 1.82) is 5.26 Å². The van der Waals surface area contributed by atoms with E-state index in [-0.39, 0.29) is 0 Å². The molecule has 1 aliphatic heterocycles. The van der Waals surface area contributed by atoms with Crippen LogP contribution in [0.15, 0.2) is 59.1 Å². The van der Waals surface area contributed by atoms with Gasteiger partial charge in [-0.3, -0.25) is 10.1 Å². The standard InChI is InChI=1S/C21H20N4O3S/c1-12-4-3-5-13(10-12)17-16(11-22)19(23)29-18(17)20(26)25-21(27)24-14-6-8-15(28-2)9-7-14/h3-10,17-18H,23H2,1-2H3,(H2,24,25,26,27). The van der Waals surface area contributed by atoms with E-state index in [2.05, 4.69) is 16.7 Å². The molecule has 0 spiro atoms. The second-order valence-corrected chi connectivity index (χ2v) is 7.68. The molecule has 0 aliphatic carbocycles. The molecule has 0 radical (unpaired) electrons. The summed E-state index contributed by atoms with van der Waals surface area (Å²) in [5.74, 6) is -0.375. The second-order valence-electron chi connectivity index (χ2n) is 6.49. The number of carbonyl (C=O) groups is 2. The molecular weight excluding hydrogens is 388 g/mol. The fourth-order valence-corrected chi connectivity index (χ4v) is 4.30. The molecule has 1 aliphatic rings. The van der Waals surface area contributed by atoms with Crippen LogP contribution < -0.4 is 21.1 Å². The number of hydrogen-bond donors (Lipinski definition) is 3. The summed E-state index contributed by atoms with van der Waals surface area (Å²) in [6.45, 7) is 1.93. The Morgan fingerprint density at radius 2 is 1.93 bits per heavy atom. The van der Waals surface area contributed by atoms with Crippen LogP contribution in [0, 0.1) is 18.3 Å². The van der Waals surface area contributed by atoms with Crippen molar-refractivity contribution in [1.82, 2.24) is 5.32 Å². The lowest BCUT2D eigenvalue weighted by Gasteiger charge is -2.19. The minimum atomic E-state index is -0.715. The first-order chi connectivity index (χ1) is 13.9. The van der Waals surface area contributed by atoms with Gasteiger partial charge in [-0.2, -0.15) is 5.26 Å². The summed E-state index contributed by atoms with van der Waals surface area (Å²) < 4.78 is 5.07. The Balaban J connectivity index is 1.74. The quantitative estimate of drug-likeness (QED) is 0.715. The summed E-state index contributed by atoms with van der Waals surface area (Å²) in [5.41, 5.74) is 8.67. The van der Waals surface area contributed by atoms with Crippen molar-refractivity contribution in [3.8, 4) is 11.8 Å². The Bertz CT molecular complexity index is 1010. The van der Waals surface area contributed by atoms with Crippen LogP contribution in [0.5, 0.6) is 5.75 Å². The first-order valence-corrected chi connectivity index (χ1v) is 9.69. The Kier molecular flexibility index (Phi) is 6.10. The summed E-state index contributed by atoms with van der Waals surface area (Å²) in [5, 5.41) is 14.1. The molecule has 1 heterocycles. The van der Waals surface area contributed by atoms with E-state index in [1.807, 2.05) is 31.2 Å². The number of thioether (sulfide) groups is 1. The predicted octanol–water partition coefficient (Wildman–Crippen LogP) is 3.24. The summed E-state index contributed by atoms with van der Waals surface area (Å²) in [6.07, 6.45) is 0. The maximum absolute atomic E-state index is 12.8. The van der Waals surface area contributed by atoms with E-state index in [1.54, 1.807) is 31.4 Å². The lowest BCUT2D eigenvalue weighted by Crippen LogP contribution is -2.41. The number of nitriles is 1. The number of allylic oxidation sites excluding steroid dienone is 1. The van der Waals surface area contributed by atoms with Gasteiger partial charge in [-0.05, 0) is 36.8 Å². The van der Waals surface area contributed by atoms with Crippen LogP contribution in [-0.4, -0.2) is 24.3 Å². The highest BCUT2D eigenvalue weighted by Gasteiger charge is 2.41. The number of nitrogens with one attached hydrogen (secondary N) is 2. The molecule has 2 atom stereocenters. The third-order valence-corrected chi connectivity index (χ3v) is 5.71. The average molecular weight is 408 g/mol. The molecule has 8 heteroatoms. The molecule has 3 amide bonds. The fourth-order valence-electron chi connectivity index (χ4n) is 3.13. The normalized spacial score (nSPS) is 18.1. The predicted molar refractivity (Wildman–Crippen MR) is 112 cm³/mol. The maximum Gasteiger partial charge on any atom is 0.325 e. The van der Waals surface area contributed by atoms with Gasteiger partial charge in [0.05, 0.1) is 23.8 Å². The molecule has 0 aromatic heterocycles. The first kappa shape index (κ1) is 20.3. The molecule has 4 N–H and O–H groups in total. The van der Waals surface area contributed by atoms with Gasteiger partial charge in [0.25, 0.3) is 0 Å². The van der Waals surface area contributed by atoms with E-state index in [0.717, 1.165) is 22.9 Å². The Morgan fingerprint density at radius 1 is 1.21 bits per heavy atom. The van der Waals surface area contributed by atoms with Gasteiger partial charge >= 0.3 is 6.03 Å². The molecule has 0 saturated carbocycles. The number of rotatable bonds is 4. The third kappa shape index (κ3) is 4.52. The van der Waals surface area contributed by atoms with E-state index in [1.165, 1.54) is 0 Å². The van der Waals surface area contributed by atoms with Crippen molar-refractivity contribution in [3.05, 3.63) is 70.3 Å². The first-order valence-electron chi connectivity index (χ1n) is 8.81. The van der Waals surface area contributed by atoms with Gasteiger partial charge in [-0.25, -0.2) is 4.79 Å². The molecule has 2 aromatic rings. The van der Waals surface area contributed by atoms with Gasteiger partial charge in [0.1, 0.15) is 11.0 Å². The van der Waals surface area contributed by atoms with Gasteiger partial charge in [-0.1, -0.05) is 41.6 Å². The van der Waals surface area contributed by atoms with Gasteiger partial charge in [-0.15, -0.1) is 0 Å². The monoisotopic (exact) mass is 408 g/mol. The average Bonchev–Trinajstić information content (AvgIpc) is 3.05. The molecule has 29 heavy (non-hydrogen) atoms. The minimum absolute atomic E-state index is 0.301. The van der Waals surface area contributed by atoms with Crippen molar-refractivity contribution in [2.75, 3.05) is 12.4 Å². The van der Waals surface area contributed by atoms with Gasteiger partial charge in [0.15, 0.2) is 0 Å². The lowest BCUT2D eigenvalue weighted by atomic mass is 9.88. The van der Waals surface area contributed by atoms with Crippen LogP contribution in [0.25, 0.3) is 0 Å². The number of nitrogens with two attached hydrogens (primary N) is 1. The highest BCUT2D eigenvalue weighted by Crippen LogP contribution is 2.45. The topological polar surface area (TPSA) is 117 Å². The van der Waals surface area contributed by atoms with E-state index in [0.29, 0.717) is 22.0 Å². The number of carbonyl (C=O) groups excluding carboxylic acids is 2. The third-order valence-electron chi connectivity index (χ3n) is 4.50. The van der Waals surface area contributed by atoms with E-state index in [4.69, 9.17) is 10.5 Å². The zero-order valence-electron chi connectivity index (χ0n) is 15.9. The van der Waals surface area contributed by atoms with Crippen molar-refractivity contribution in [2.45, 2.75) is 18.1 Å². The molecule has 7 nitrogen and oxygen atoms in total. The molecule has 3 rings (SSSR count). The molecule has 0 fully saturated rings. The summed E-state index contributed by atoms with van der Waals surface area (Å²) >= 11 is 1.09. The SMILES string of the molecule is COc1ccc(NC(=O)NC(=O)C2SC(N)=C(C#N)C2c2cccc(C)c2)cc1. The number of ether oxygens (including phenoxy) is 1. The van der Waals surface area contributed by atoms with Crippen molar-refractivity contribution in [3.63, 3.8) is 0 Å². The number of imide groups is 1. The molecule has 0 bridgehead atoms. The zero-order valence-corrected chi connectivity index (χ0v) is 16.7. The van der Waals surface area contributed by atoms with Crippen LogP contribution in [0.2, 0.25) is 0 Å². The maximum atomic E-state index is 12.8. The van der Waals surface area contributed by atoms with E-state index in [9.17, 15) is 14.9 Å². The van der Waals surface area contributed by atoms with E-state index < -0.39 is 23.1 Å². The lowest BCUT2D eigenvalue weighted by molar-refractivity contribution is -0.119. The minimum Gasteiger partial charge on any atom is -0.497 e. The molecule has 148 valence electrons. The number of hydrogen-bond acceptors (Lipinski definition) is 6. The zero-order chi connectivity index (χ0) is 21.0. The van der Waals surface area contributed by atoms with Crippen molar-refractivity contribution < 1.29 is 14.3 Å². The van der Waals surface area contributed by atoms with Gasteiger partial charge in [0, 0.05) is 11.6 Å². The van der Waals surface area contributed by atoms with Gasteiger partial charge < -0.3 is 15.8 Å². The number of methoxy groups -OCH3 is 1. The number of urea groups is 1. The van der Waals surface area contributed by atoms with Crippen LogP contribution in [0.3, 0.4) is 0 Å². The molecule has 2 unspecified atom stereocenters. The molecule has 2 aromatic carbocycles. The Hall–Kier alpha value is -3.44. The van der Waals surface area contributed by atoms with E-state index >= 15 is 0 Å². The highest BCUT2D eigenvalue weighted by molar-refractivity contribution is 8.04. The molecular formula is C21H20N4O3S. The second kappa shape index (κ2) is 8.71. The number of amides is 3. The highest BCUT2D eigenvalue weighted by atomic mass is 32.2. The molecule has 0 saturated heterocycles. The van der Waals surface area contributed by atoms with Crippen LogP contribution in [-0.2, 0) is 4.79 Å². The summed E-state index contributed by atoms with van der Waals surface area (Å²) in [4.78, 5) is 25.1. The largest absolute Gasteiger partial charge is 0.497 e. The van der Waals surface area contributed by atoms with Gasteiger partial charge in [0.2, 0.25) is 5.91 Å². The number of benzene rings is 2. The Morgan fingerprint density at radius 3 is 2.55 bits per heavy atom. The number of nitrogens with zero attached hydrogens (tertiary/aromatic N) is 1. The number of aryl methyl sites for hydroxylation is 1. The van der Waals surface area contributed by atoms with Crippen LogP contribution in [0.1, 0.15) is 17.0 Å². The smallest absolute Gasteiger partial charge is 0.325 e. The fraction of sp³-hybridized carbons (Fsp3) is 0.190.